The summed E-state index contributed by atoms with van der Waals surface area (Å²) in [6.45, 7) is 3.83. The van der Waals surface area contributed by atoms with E-state index in [4.69, 9.17) is 0 Å². The number of fused-ring (bicyclic) bond motifs is 1. The van der Waals surface area contributed by atoms with Gasteiger partial charge in [0.1, 0.15) is 11.5 Å². The van der Waals surface area contributed by atoms with Crippen molar-refractivity contribution < 1.29 is 8.78 Å². The number of pyridine rings is 1. The first-order chi connectivity index (χ1) is 12.0. The SMILES string of the molecule is Cc1ccc(N2C=C(F)C=NC2c2c(C)nc3ccc(F)cn23)cc1. The van der Waals surface area contributed by atoms with E-state index in [-0.39, 0.29) is 5.82 Å². The van der Waals surface area contributed by atoms with Crippen LogP contribution in [0.4, 0.5) is 14.5 Å². The molecule has 6 heteroatoms. The van der Waals surface area contributed by atoms with Crippen LogP contribution in [0.5, 0.6) is 0 Å². The number of hydrogen-bond donors (Lipinski definition) is 0. The summed E-state index contributed by atoms with van der Waals surface area (Å²) in [5.41, 5.74) is 3.96. The zero-order chi connectivity index (χ0) is 17.6. The lowest BCUT2D eigenvalue weighted by atomic mass is 10.1. The first kappa shape index (κ1) is 15.5. The molecule has 2 aromatic heterocycles. The van der Waals surface area contributed by atoms with E-state index in [1.54, 1.807) is 15.4 Å². The molecule has 0 spiro atoms. The van der Waals surface area contributed by atoms with Crippen LogP contribution in [-0.2, 0) is 0 Å². The maximum absolute atomic E-state index is 13.9. The van der Waals surface area contributed by atoms with Crippen LogP contribution in [0.15, 0.2) is 59.6 Å². The molecule has 4 rings (SSSR count). The van der Waals surface area contributed by atoms with Gasteiger partial charge in [0.2, 0.25) is 0 Å². The van der Waals surface area contributed by atoms with Crippen LogP contribution in [-0.4, -0.2) is 15.6 Å². The second-order valence-corrected chi connectivity index (χ2v) is 6.07. The van der Waals surface area contributed by atoms with Crippen LogP contribution in [0, 0.1) is 19.7 Å². The van der Waals surface area contributed by atoms with E-state index in [2.05, 4.69) is 9.98 Å². The third-order valence-electron chi connectivity index (χ3n) is 4.25. The molecule has 0 radical (unpaired) electrons. The lowest BCUT2D eigenvalue weighted by molar-refractivity contribution is 0.606. The van der Waals surface area contributed by atoms with Crippen molar-refractivity contribution in [1.29, 1.82) is 0 Å². The molecule has 0 saturated heterocycles. The molecule has 0 saturated carbocycles. The minimum atomic E-state index is -0.529. The Bertz CT molecular complexity index is 1000. The Morgan fingerprint density at radius 3 is 2.52 bits per heavy atom. The van der Waals surface area contributed by atoms with Gasteiger partial charge in [0.05, 0.1) is 17.6 Å². The molecule has 0 bridgehead atoms. The fourth-order valence-electron chi connectivity index (χ4n) is 3.05. The van der Waals surface area contributed by atoms with Gasteiger partial charge in [0.25, 0.3) is 0 Å². The highest BCUT2D eigenvalue weighted by atomic mass is 19.1. The molecule has 1 aliphatic heterocycles. The summed E-state index contributed by atoms with van der Waals surface area (Å²) in [5.74, 6) is -0.802. The molecule has 0 aliphatic carbocycles. The second-order valence-electron chi connectivity index (χ2n) is 6.07. The number of halogens is 2. The van der Waals surface area contributed by atoms with E-state index < -0.39 is 12.0 Å². The van der Waals surface area contributed by atoms with Gasteiger partial charge < -0.3 is 4.90 Å². The lowest BCUT2D eigenvalue weighted by Gasteiger charge is -2.30. The molecule has 4 nitrogen and oxygen atoms in total. The molecular weight excluding hydrogens is 322 g/mol. The van der Waals surface area contributed by atoms with Crippen LogP contribution in [0.1, 0.15) is 23.1 Å². The Hall–Kier alpha value is -3.02. The smallest absolute Gasteiger partial charge is 0.168 e. The highest BCUT2D eigenvalue weighted by Gasteiger charge is 2.27. The van der Waals surface area contributed by atoms with Gasteiger partial charge in [-0.15, -0.1) is 0 Å². The molecule has 3 aromatic rings. The summed E-state index contributed by atoms with van der Waals surface area (Å²) in [6.07, 6.45) is 3.44. The Morgan fingerprint density at radius 2 is 1.76 bits per heavy atom. The zero-order valence-electron chi connectivity index (χ0n) is 13.8. The summed E-state index contributed by atoms with van der Waals surface area (Å²) >= 11 is 0. The van der Waals surface area contributed by atoms with Crippen molar-refractivity contribution in [3.05, 3.63) is 77.4 Å². The first-order valence-electron chi connectivity index (χ1n) is 7.92. The molecule has 1 aliphatic rings. The summed E-state index contributed by atoms with van der Waals surface area (Å²) in [5, 5.41) is 0. The number of imidazole rings is 1. The van der Waals surface area contributed by atoms with E-state index in [9.17, 15) is 8.78 Å². The summed E-state index contributed by atoms with van der Waals surface area (Å²) < 4.78 is 29.3. The van der Waals surface area contributed by atoms with Crippen molar-refractivity contribution in [1.82, 2.24) is 9.38 Å². The number of aryl methyl sites for hydroxylation is 2. The second kappa shape index (κ2) is 5.81. The third kappa shape index (κ3) is 2.69. The number of allylic oxidation sites excluding steroid dienone is 1. The quantitative estimate of drug-likeness (QED) is 0.690. The number of aliphatic imine (C=N–C) groups is 1. The maximum atomic E-state index is 13.9. The lowest BCUT2D eigenvalue weighted by Crippen LogP contribution is -2.26. The van der Waals surface area contributed by atoms with Crippen LogP contribution in [0.3, 0.4) is 0 Å². The predicted octanol–water partition coefficient (Wildman–Crippen LogP) is 4.49. The summed E-state index contributed by atoms with van der Waals surface area (Å²) in [4.78, 5) is 10.6. The van der Waals surface area contributed by atoms with Crippen molar-refractivity contribution in [3.63, 3.8) is 0 Å². The molecule has 3 heterocycles. The molecule has 1 aromatic carbocycles. The van der Waals surface area contributed by atoms with E-state index in [1.807, 2.05) is 38.1 Å². The highest BCUT2D eigenvalue weighted by Crippen LogP contribution is 2.34. The van der Waals surface area contributed by atoms with Gasteiger partial charge in [-0.25, -0.2) is 13.8 Å². The number of hydrogen-bond acceptors (Lipinski definition) is 3. The van der Waals surface area contributed by atoms with Gasteiger partial charge >= 0.3 is 0 Å². The van der Waals surface area contributed by atoms with Crippen molar-refractivity contribution in [2.45, 2.75) is 20.0 Å². The largest absolute Gasteiger partial charge is 0.317 e. The van der Waals surface area contributed by atoms with Gasteiger partial charge in [0.15, 0.2) is 12.0 Å². The number of anilines is 1. The third-order valence-corrected chi connectivity index (χ3v) is 4.25. The summed E-state index contributed by atoms with van der Waals surface area (Å²) in [6, 6.07) is 10.7. The summed E-state index contributed by atoms with van der Waals surface area (Å²) in [7, 11) is 0. The van der Waals surface area contributed by atoms with Crippen molar-refractivity contribution in [3.8, 4) is 0 Å². The zero-order valence-corrected chi connectivity index (χ0v) is 13.8. The highest BCUT2D eigenvalue weighted by molar-refractivity contribution is 5.79. The van der Waals surface area contributed by atoms with E-state index in [1.165, 1.54) is 24.7 Å². The first-order valence-corrected chi connectivity index (χ1v) is 7.92. The number of benzene rings is 1. The number of nitrogens with zero attached hydrogens (tertiary/aromatic N) is 4. The predicted molar refractivity (Wildman–Crippen MR) is 94.0 cm³/mol. The fourth-order valence-corrected chi connectivity index (χ4v) is 3.05. The van der Waals surface area contributed by atoms with Crippen LogP contribution in [0.2, 0.25) is 0 Å². The van der Waals surface area contributed by atoms with Crippen molar-refractivity contribution >= 4 is 17.5 Å². The topological polar surface area (TPSA) is 32.9 Å². The molecular formula is C19H16F2N4. The molecule has 1 atom stereocenters. The van der Waals surface area contributed by atoms with Gasteiger partial charge in [-0.1, -0.05) is 17.7 Å². The number of rotatable bonds is 2. The van der Waals surface area contributed by atoms with Gasteiger partial charge in [0, 0.05) is 18.1 Å². The Morgan fingerprint density at radius 1 is 1.00 bits per heavy atom. The standard InChI is InChI=1S/C19H16F2N4/c1-12-3-6-16(7-4-12)24-11-15(21)9-22-19(24)18-13(2)23-17-8-5-14(20)10-25(17)18/h3-11,19H,1-2H3. The minimum absolute atomic E-state index is 0.366. The number of aromatic nitrogens is 2. The van der Waals surface area contributed by atoms with Crippen LogP contribution >= 0.6 is 0 Å². The molecule has 1 unspecified atom stereocenters. The molecule has 0 fully saturated rings. The van der Waals surface area contributed by atoms with Crippen molar-refractivity contribution in [2.75, 3.05) is 4.90 Å². The average Bonchev–Trinajstić information content (AvgIpc) is 2.91. The Kier molecular flexibility index (Phi) is 3.60. The average molecular weight is 338 g/mol. The monoisotopic (exact) mass is 338 g/mol. The van der Waals surface area contributed by atoms with Gasteiger partial charge in [-0.2, -0.15) is 0 Å². The fraction of sp³-hybridized carbons (Fsp3) is 0.158. The Labute approximate surface area is 143 Å². The minimum Gasteiger partial charge on any atom is -0.317 e. The molecule has 25 heavy (non-hydrogen) atoms. The van der Waals surface area contributed by atoms with Crippen LogP contribution < -0.4 is 4.90 Å². The van der Waals surface area contributed by atoms with E-state index in [0.29, 0.717) is 11.3 Å². The van der Waals surface area contributed by atoms with E-state index >= 15 is 0 Å². The molecule has 0 amide bonds. The normalized spacial score (nSPS) is 17.2. The van der Waals surface area contributed by atoms with E-state index in [0.717, 1.165) is 16.9 Å². The van der Waals surface area contributed by atoms with Gasteiger partial charge in [-0.3, -0.25) is 9.39 Å². The molecule has 0 N–H and O–H groups in total. The van der Waals surface area contributed by atoms with Crippen molar-refractivity contribution in [2.24, 2.45) is 4.99 Å². The van der Waals surface area contributed by atoms with Crippen LogP contribution in [0.25, 0.3) is 5.65 Å². The maximum Gasteiger partial charge on any atom is 0.168 e. The van der Waals surface area contributed by atoms with Gasteiger partial charge in [-0.05, 0) is 38.1 Å². The molecule has 126 valence electrons. The Balaban J connectivity index is 1.88.